The summed E-state index contributed by atoms with van der Waals surface area (Å²) in [5.41, 5.74) is 6.90. The zero-order valence-electron chi connectivity index (χ0n) is 12.3. The van der Waals surface area contributed by atoms with Crippen molar-refractivity contribution in [1.29, 1.82) is 0 Å². The minimum Gasteiger partial charge on any atom is -0.465 e. The Morgan fingerprint density at radius 2 is 2.00 bits per heavy atom. The van der Waals surface area contributed by atoms with Crippen LogP contribution in [-0.4, -0.2) is 31.2 Å². The number of pyridine rings is 1. The largest absolute Gasteiger partial charge is 0.465 e. The molecule has 0 saturated heterocycles. The van der Waals surface area contributed by atoms with Crippen molar-refractivity contribution < 1.29 is 9.53 Å². The van der Waals surface area contributed by atoms with Gasteiger partial charge in [-0.3, -0.25) is 0 Å². The molecule has 2 rings (SSSR count). The van der Waals surface area contributed by atoms with Crippen molar-refractivity contribution in [1.82, 2.24) is 4.98 Å². The smallest absolute Gasteiger partial charge is 0.340 e. The average molecular weight is 277 g/mol. The summed E-state index contributed by atoms with van der Waals surface area (Å²) < 4.78 is 4.75. The number of carbonyl (C=O) groups is 1. The Hall–Kier alpha value is -1.78. The van der Waals surface area contributed by atoms with Crippen LogP contribution in [0.15, 0.2) is 12.3 Å². The molecule has 0 aromatic carbocycles. The molecule has 1 heterocycles. The lowest BCUT2D eigenvalue weighted by molar-refractivity contribution is 0.0602. The second kappa shape index (κ2) is 6.59. The molecule has 1 saturated carbocycles. The lowest BCUT2D eigenvalue weighted by atomic mass is 10.1. The third-order valence-corrected chi connectivity index (χ3v) is 4.08. The first-order chi connectivity index (χ1) is 9.65. The summed E-state index contributed by atoms with van der Waals surface area (Å²) in [7, 11) is 3.37. The zero-order valence-corrected chi connectivity index (χ0v) is 12.3. The van der Waals surface area contributed by atoms with Crippen molar-refractivity contribution in [2.45, 2.75) is 44.6 Å². The fraction of sp³-hybridized carbons (Fsp3) is 0.600. The van der Waals surface area contributed by atoms with Gasteiger partial charge in [-0.25, -0.2) is 9.78 Å². The first kappa shape index (κ1) is 14.6. The van der Waals surface area contributed by atoms with Gasteiger partial charge in [0.05, 0.1) is 18.4 Å². The van der Waals surface area contributed by atoms with E-state index in [0.29, 0.717) is 23.1 Å². The quantitative estimate of drug-likeness (QED) is 0.679. The molecule has 0 unspecified atom stereocenters. The van der Waals surface area contributed by atoms with E-state index in [9.17, 15) is 4.79 Å². The first-order valence-corrected chi connectivity index (χ1v) is 7.20. The van der Waals surface area contributed by atoms with Gasteiger partial charge in [0.25, 0.3) is 0 Å². The molecule has 5 heteroatoms. The van der Waals surface area contributed by atoms with Gasteiger partial charge < -0.3 is 15.4 Å². The third kappa shape index (κ3) is 3.03. The number of nitrogen functional groups attached to an aromatic ring is 1. The molecule has 1 aliphatic carbocycles. The van der Waals surface area contributed by atoms with E-state index in [0.717, 1.165) is 12.8 Å². The summed E-state index contributed by atoms with van der Waals surface area (Å²) in [4.78, 5) is 18.2. The molecule has 0 amide bonds. The molecular weight excluding hydrogens is 254 g/mol. The van der Waals surface area contributed by atoms with Gasteiger partial charge in [0, 0.05) is 19.3 Å². The van der Waals surface area contributed by atoms with E-state index in [-0.39, 0.29) is 0 Å². The topological polar surface area (TPSA) is 68.5 Å². The van der Waals surface area contributed by atoms with Crippen LogP contribution in [0.3, 0.4) is 0 Å². The molecule has 1 fully saturated rings. The van der Waals surface area contributed by atoms with Crippen molar-refractivity contribution in [2.24, 2.45) is 0 Å². The van der Waals surface area contributed by atoms with Gasteiger partial charge in [0.2, 0.25) is 0 Å². The molecule has 0 bridgehead atoms. The van der Waals surface area contributed by atoms with Crippen LogP contribution in [0.25, 0.3) is 0 Å². The molecule has 1 aromatic rings. The molecule has 5 nitrogen and oxygen atoms in total. The maximum atomic E-state index is 11.7. The Labute approximate surface area is 120 Å². The number of carbonyl (C=O) groups excluding carboxylic acids is 1. The highest BCUT2D eigenvalue weighted by atomic mass is 16.5. The van der Waals surface area contributed by atoms with Gasteiger partial charge in [-0.2, -0.15) is 0 Å². The Balaban J connectivity index is 2.24. The second-order valence-corrected chi connectivity index (χ2v) is 5.34. The van der Waals surface area contributed by atoms with Gasteiger partial charge in [0.1, 0.15) is 0 Å². The van der Waals surface area contributed by atoms with Crippen LogP contribution in [0.5, 0.6) is 0 Å². The predicted molar refractivity (Wildman–Crippen MR) is 79.9 cm³/mol. The van der Waals surface area contributed by atoms with Gasteiger partial charge in [-0.05, 0) is 18.9 Å². The van der Waals surface area contributed by atoms with Crippen LogP contribution in [0.2, 0.25) is 0 Å². The number of nitrogens with zero attached hydrogens (tertiary/aromatic N) is 2. The highest BCUT2D eigenvalue weighted by molar-refractivity contribution is 5.97. The number of aromatic nitrogens is 1. The summed E-state index contributed by atoms with van der Waals surface area (Å²) in [6, 6.07) is 2.05. The normalized spacial score (nSPS) is 16.5. The van der Waals surface area contributed by atoms with Crippen LogP contribution >= 0.6 is 0 Å². The molecule has 110 valence electrons. The summed E-state index contributed by atoms with van der Waals surface area (Å²) >= 11 is 0. The van der Waals surface area contributed by atoms with Gasteiger partial charge in [-0.15, -0.1) is 0 Å². The van der Waals surface area contributed by atoms with Gasteiger partial charge in [0.15, 0.2) is 5.82 Å². The maximum absolute atomic E-state index is 11.7. The molecule has 2 N–H and O–H groups in total. The summed E-state index contributed by atoms with van der Waals surface area (Å²) in [5, 5.41) is 0. The Bertz CT molecular complexity index is 468. The fourth-order valence-corrected chi connectivity index (χ4v) is 2.85. The SMILES string of the molecule is COC(=O)c1ccnc(N(C)C2CCCCCC2)c1N. The summed E-state index contributed by atoms with van der Waals surface area (Å²) in [5.74, 6) is 0.264. The van der Waals surface area contributed by atoms with Crippen LogP contribution < -0.4 is 10.6 Å². The van der Waals surface area contributed by atoms with E-state index < -0.39 is 5.97 Å². The van der Waals surface area contributed by atoms with E-state index >= 15 is 0 Å². The molecule has 0 radical (unpaired) electrons. The number of rotatable bonds is 3. The van der Waals surface area contributed by atoms with Crippen molar-refractivity contribution in [3.63, 3.8) is 0 Å². The Morgan fingerprint density at radius 3 is 2.60 bits per heavy atom. The van der Waals surface area contributed by atoms with E-state index in [1.807, 2.05) is 7.05 Å². The predicted octanol–water partition coefficient (Wildman–Crippen LogP) is 2.61. The van der Waals surface area contributed by atoms with E-state index in [2.05, 4.69) is 9.88 Å². The molecule has 20 heavy (non-hydrogen) atoms. The van der Waals surface area contributed by atoms with Crippen LogP contribution in [0.4, 0.5) is 11.5 Å². The molecule has 0 aliphatic heterocycles. The Morgan fingerprint density at radius 1 is 1.35 bits per heavy atom. The number of nitrogens with two attached hydrogens (primary N) is 1. The second-order valence-electron chi connectivity index (χ2n) is 5.34. The number of hydrogen-bond acceptors (Lipinski definition) is 5. The number of anilines is 2. The molecule has 1 aliphatic rings. The minimum absolute atomic E-state index is 0.387. The van der Waals surface area contributed by atoms with Gasteiger partial charge >= 0.3 is 5.97 Å². The van der Waals surface area contributed by atoms with Crippen LogP contribution in [0.1, 0.15) is 48.9 Å². The monoisotopic (exact) mass is 277 g/mol. The fourth-order valence-electron chi connectivity index (χ4n) is 2.85. The first-order valence-electron chi connectivity index (χ1n) is 7.20. The lowest BCUT2D eigenvalue weighted by Crippen LogP contribution is -2.32. The van der Waals surface area contributed by atoms with E-state index in [1.54, 1.807) is 12.3 Å². The molecular formula is C15H23N3O2. The third-order valence-electron chi connectivity index (χ3n) is 4.08. The van der Waals surface area contributed by atoms with Crippen LogP contribution in [0, 0.1) is 0 Å². The number of methoxy groups -OCH3 is 1. The molecule has 1 aromatic heterocycles. The zero-order chi connectivity index (χ0) is 14.5. The minimum atomic E-state index is -0.416. The summed E-state index contributed by atoms with van der Waals surface area (Å²) in [6.07, 6.45) is 9.01. The number of ether oxygens (including phenoxy) is 1. The molecule has 0 atom stereocenters. The maximum Gasteiger partial charge on any atom is 0.340 e. The average Bonchev–Trinajstić information content (AvgIpc) is 2.75. The molecule has 0 spiro atoms. The van der Waals surface area contributed by atoms with Crippen molar-refractivity contribution in [2.75, 3.05) is 24.8 Å². The van der Waals surface area contributed by atoms with Crippen LogP contribution in [-0.2, 0) is 4.74 Å². The lowest BCUT2D eigenvalue weighted by Gasteiger charge is -2.29. The highest BCUT2D eigenvalue weighted by Gasteiger charge is 2.22. The Kier molecular flexibility index (Phi) is 4.82. The van der Waals surface area contributed by atoms with Crippen molar-refractivity contribution in [3.05, 3.63) is 17.8 Å². The van der Waals surface area contributed by atoms with Gasteiger partial charge in [-0.1, -0.05) is 25.7 Å². The highest BCUT2D eigenvalue weighted by Crippen LogP contribution is 2.29. The van der Waals surface area contributed by atoms with Crippen molar-refractivity contribution in [3.8, 4) is 0 Å². The number of esters is 1. The van der Waals surface area contributed by atoms with E-state index in [4.69, 9.17) is 10.5 Å². The standard InChI is InChI=1S/C15H23N3O2/c1-18(11-7-5-3-4-6-8-11)14-13(16)12(9-10-17-14)15(19)20-2/h9-11H,3-8,16H2,1-2H3. The summed E-state index contributed by atoms with van der Waals surface area (Å²) in [6.45, 7) is 0. The van der Waals surface area contributed by atoms with Crippen molar-refractivity contribution >= 4 is 17.5 Å². The number of hydrogen-bond donors (Lipinski definition) is 1. The van der Waals surface area contributed by atoms with E-state index in [1.165, 1.54) is 32.8 Å².